The Hall–Kier alpha value is -3.15. The van der Waals surface area contributed by atoms with Gasteiger partial charge in [-0.25, -0.2) is 8.42 Å². The molecule has 1 N–H and O–H groups in total. The fourth-order valence-corrected chi connectivity index (χ4v) is 5.74. The van der Waals surface area contributed by atoms with Crippen LogP contribution in [-0.2, 0) is 16.6 Å². The van der Waals surface area contributed by atoms with Crippen molar-refractivity contribution in [2.24, 2.45) is 0 Å². The molecular formula is C28H28N2O2S. The zero-order chi connectivity index (χ0) is 22.8. The molecule has 0 aliphatic carbocycles. The number of fused-ring (bicyclic) bond motifs is 1. The maximum atomic E-state index is 13.2. The van der Waals surface area contributed by atoms with Crippen LogP contribution < -0.4 is 4.72 Å². The SMILES string of the molecule is Cc1ccc(S(=O)(=O)Nc2ccccc2-c2c(CN3CCCC3)ccc3ccccc23)cc1. The zero-order valence-corrected chi connectivity index (χ0v) is 19.6. The first kappa shape index (κ1) is 21.7. The van der Waals surface area contributed by atoms with Gasteiger partial charge >= 0.3 is 0 Å². The van der Waals surface area contributed by atoms with E-state index < -0.39 is 10.0 Å². The summed E-state index contributed by atoms with van der Waals surface area (Å²) >= 11 is 0. The van der Waals surface area contributed by atoms with Crippen molar-refractivity contribution in [3.05, 3.63) is 96.1 Å². The summed E-state index contributed by atoms with van der Waals surface area (Å²) in [7, 11) is -3.71. The molecule has 4 nitrogen and oxygen atoms in total. The number of nitrogens with one attached hydrogen (secondary N) is 1. The van der Waals surface area contributed by atoms with Gasteiger partial charge in [0.2, 0.25) is 0 Å². The first-order valence-electron chi connectivity index (χ1n) is 11.4. The third-order valence-electron chi connectivity index (χ3n) is 6.38. The molecule has 0 unspecified atom stereocenters. The lowest BCUT2D eigenvalue weighted by molar-refractivity contribution is 0.332. The molecule has 1 aliphatic heterocycles. The first-order valence-corrected chi connectivity index (χ1v) is 12.9. The molecule has 1 fully saturated rings. The van der Waals surface area contributed by atoms with Gasteiger partial charge in [-0.3, -0.25) is 9.62 Å². The van der Waals surface area contributed by atoms with Crippen molar-refractivity contribution in [2.75, 3.05) is 17.8 Å². The van der Waals surface area contributed by atoms with Gasteiger partial charge in [-0.1, -0.05) is 72.3 Å². The van der Waals surface area contributed by atoms with Crippen LogP contribution >= 0.6 is 0 Å². The van der Waals surface area contributed by atoms with Crippen LogP contribution in [0.15, 0.2) is 89.8 Å². The van der Waals surface area contributed by atoms with E-state index in [1.165, 1.54) is 18.4 Å². The molecular weight excluding hydrogens is 428 g/mol. The van der Waals surface area contributed by atoms with E-state index in [9.17, 15) is 8.42 Å². The monoisotopic (exact) mass is 456 g/mol. The third kappa shape index (κ3) is 4.52. The molecule has 0 atom stereocenters. The maximum absolute atomic E-state index is 13.2. The lowest BCUT2D eigenvalue weighted by Gasteiger charge is -2.21. The normalized spacial score (nSPS) is 14.6. The highest BCUT2D eigenvalue weighted by molar-refractivity contribution is 7.92. The van der Waals surface area contributed by atoms with E-state index in [0.717, 1.165) is 47.1 Å². The molecule has 33 heavy (non-hydrogen) atoms. The Morgan fingerprint density at radius 2 is 1.52 bits per heavy atom. The van der Waals surface area contributed by atoms with Crippen molar-refractivity contribution < 1.29 is 8.42 Å². The van der Waals surface area contributed by atoms with Crippen LogP contribution in [0, 0.1) is 6.92 Å². The van der Waals surface area contributed by atoms with E-state index >= 15 is 0 Å². The molecule has 4 aromatic rings. The van der Waals surface area contributed by atoms with Gasteiger partial charge in [0.25, 0.3) is 10.0 Å². The van der Waals surface area contributed by atoms with Crippen LogP contribution in [0.5, 0.6) is 0 Å². The molecule has 0 amide bonds. The molecule has 5 rings (SSSR count). The lowest BCUT2D eigenvalue weighted by atomic mass is 9.92. The standard InChI is InChI=1S/C28H28N2O2S/c1-21-12-16-24(17-13-21)33(31,32)29-27-11-5-4-10-26(27)28-23(20-30-18-6-7-19-30)15-14-22-8-2-3-9-25(22)28/h2-5,8-17,29H,6-7,18-20H2,1H3. The number of anilines is 1. The molecule has 0 bridgehead atoms. The Balaban J connectivity index is 1.63. The topological polar surface area (TPSA) is 49.4 Å². The summed E-state index contributed by atoms with van der Waals surface area (Å²) in [6, 6.07) is 27.3. The number of hydrogen-bond donors (Lipinski definition) is 1. The minimum absolute atomic E-state index is 0.262. The van der Waals surface area contributed by atoms with E-state index in [4.69, 9.17) is 0 Å². The molecule has 0 radical (unpaired) electrons. The summed E-state index contributed by atoms with van der Waals surface area (Å²) in [5, 5.41) is 2.28. The Morgan fingerprint density at radius 3 is 2.30 bits per heavy atom. The highest BCUT2D eigenvalue weighted by Crippen LogP contribution is 2.38. The summed E-state index contributed by atoms with van der Waals surface area (Å²) in [6.45, 7) is 5.02. The summed E-state index contributed by atoms with van der Waals surface area (Å²) in [5.74, 6) is 0. The second-order valence-electron chi connectivity index (χ2n) is 8.77. The number of aryl methyl sites for hydroxylation is 1. The smallest absolute Gasteiger partial charge is 0.261 e. The van der Waals surface area contributed by atoms with Crippen molar-refractivity contribution in [1.82, 2.24) is 4.90 Å². The largest absolute Gasteiger partial charge is 0.299 e. The Labute approximate surface area is 195 Å². The lowest BCUT2D eigenvalue weighted by Crippen LogP contribution is -2.19. The number of sulfonamides is 1. The average molecular weight is 457 g/mol. The summed E-state index contributed by atoms with van der Waals surface area (Å²) < 4.78 is 29.3. The van der Waals surface area contributed by atoms with Crippen LogP contribution in [0.1, 0.15) is 24.0 Å². The quantitative estimate of drug-likeness (QED) is 0.375. The van der Waals surface area contributed by atoms with Crippen LogP contribution in [0.4, 0.5) is 5.69 Å². The van der Waals surface area contributed by atoms with Gasteiger partial charge in [0.05, 0.1) is 10.6 Å². The fourth-order valence-electron chi connectivity index (χ4n) is 4.66. The van der Waals surface area contributed by atoms with Crippen molar-refractivity contribution in [2.45, 2.75) is 31.2 Å². The van der Waals surface area contributed by atoms with Crippen LogP contribution in [0.25, 0.3) is 21.9 Å². The average Bonchev–Trinajstić information content (AvgIpc) is 3.33. The van der Waals surface area contributed by atoms with Gasteiger partial charge in [-0.2, -0.15) is 0 Å². The number of likely N-dealkylation sites (tertiary alicyclic amines) is 1. The molecule has 5 heteroatoms. The van der Waals surface area contributed by atoms with Crippen molar-refractivity contribution in [3.63, 3.8) is 0 Å². The number of nitrogens with zero attached hydrogens (tertiary/aromatic N) is 1. The minimum Gasteiger partial charge on any atom is -0.299 e. The Bertz CT molecular complexity index is 1390. The third-order valence-corrected chi connectivity index (χ3v) is 7.76. The van der Waals surface area contributed by atoms with Crippen LogP contribution in [0.3, 0.4) is 0 Å². The molecule has 1 saturated heterocycles. The second-order valence-corrected chi connectivity index (χ2v) is 10.5. The fraction of sp³-hybridized carbons (Fsp3) is 0.214. The molecule has 1 aliphatic rings. The Kier molecular flexibility index (Phi) is 5.92. The van der Waals surface area contributed by atoms with Crippen molar-refractivity contribution >= 4 is 26.5 Å². The van der Waals surface area contributed by atoms with E-state index in [1.807, 2.05) is 55.5 Å². The molecule has 0 aromatic heterocycles. The van der Waals surface area contributed by atoms with Gasteiger partial charge in [0, 0.05) is 12.1 Å². The maximum Gasteiger partial charge on any atom is 0.261 e. The van der Waals surface area contributed by atoms with Crippen molar-refractivity contribution in [3.8, 4) is 11.1 Å². The van der Waals surface area contributed by atoms with Crippen molar-refractivity contribution in [1.29, 1.82) is 0 Å². The van der Waals surface area contributed by atoms with E-state index in [-0.39, 0.29) is 4.90 Å². The first-order chi connectivity index (χ1) is 16.0. The number of rotatable bonds is 6. The molecule has 4 aromatic carbocycles. The second kappa shape index (κ2) is 9.00. The Morgan fingerprint density at radius 1 is 0.818 bits per heavy atom. The van der Waals surface area contributed by atoms with Gasteiger partial charge < -0.3 is 0 Å². The van der Waals surface area contributed by atoms with Gasteiger partial charge in [0.15, 0.2) is 0 Å². The summed E-state index contributed by atoms with van der Waals surface area (Å²) in [6.07, 6.45) is 2.46. The number of benzene rings is 4. The van der Waals surface area contributed by atoms with E-state index in [1.54, 1.807) is 12.1 Å². The van der Waals surface area contributed by atoms with Gasteiger partial charge in [0.1, 0.15) is 0 Å². The summed E-state index contributed by atoms with van der Waals surface area (Å²) in [4.78, 5) is 2.74. The molecule has 0 saturated carbocycles. The predicted octanol–water partition coefficient (Wildman–Crippen LogP) is 6.21. The number of hydrogen-bond acceptors (Lipinski definition) is 3. The van der Waals surface area contributed by atoms with Crippen LogP contribution in [0.2, 0.25) is 0 Å². The van der Waals surface area contributed by atoms with E-state index in [0.29, 0.717) is 5.69 Å². The summed E-state index contributed by atoms with van der Waals surface area (Å²) in [5.41, 5.74) is 4.84. The zero-order valence-electron chi connectivity index (χ0n) is 18.8. The molecule has 168 valence electrons. The highest BCUT2D eigenvalue weighted by Gasteiger charge is 2.20. The predicted molar refractivity (Wildman–Crippen MR) is 136 cm³/mol. The molecule has 0 spiro atoms. The van der Waals surface area contributed by atoms with E-state index in [2.05, 4.69) is 33.9 Å². The van der Waals surface area contributed by atoms with Crippen LogP contribution in [-0.4, -0.2) is 26.4 Å². The minimum atomic E-state index is -3.71. The van der Waals surface area contributed by atoms with Gasteiger partial charge in [-0.15, -0.1) is 0 Å². The molecule has 1 heterocycles. The highest BCUT2D eigenvalue weighted by atomic mass is 32.2. The number of para-hydroxylation sites is 1. The van der Waals surface area contributed by atoms with Gasteiger partial charge in [-0.05, 0) is 73.0 Å².